The van der Waals surface area contributed by atoms with Crippen molar-refractivity contribution in [3.05, 3.63) is 65.7 Å². The molecule has 0 aromatic heterocycles. The molecule has 128 valence electrons. The number of piperidine rings is 1. The van der Waals surface area contributed by atoms with Crippen molar-refractivity contribution in [1.82, 2.24) is 10.2 Å². The van der Waals surface area contributed by atoms with Crippen molar-refractivity contribution in [2.24, 2.45) is 0 Å². The lowest BCUT2D eigenvalue weighted by atomic mass is 10.0. The molecule has 1 atom stereocenters. The summed E-state index contributed by atoms with van der Waals surface area (Å²) >= 11 is 0. The zero-order valence-electron chi connectivity index (χ0n) is 14.7. The van der Waals surface area contributed by atoms with Crippen molar-refractivity contribution in [2.45, 2.75) is 38.4 Å². The van der Waals surface area contributed by atoms with E-state index in [9.17, 15) is 0 Å². The van der Waals surface area contributed by atoms with Gasteiger partial charge in [0.05, 0.1) is 7.11 Å². The van der Waals surface area contributed by atoms with Crippen molar-refractivity contribution < 1.29 is 4.74 Å². The van der Waals surface area contributed by atoms with Crippen molar-refractivity contribution in [3.63, 3.8) is 0 Å². The number of hydrogen-bond acceptors (Lipinski definition) is 3. The van der Waals surface area contributed by atoms with E-state index in [1.807, 2.05) is 12.1 Å². The molecule has 0 radical (unpaired) electrons. The second kappa shape index (κ2) is 8.32. The highest BCUT2D eigenvalue weighted by molar-refractivity contribution is 5.28. The number of hydrogen-bond donors (Lipinski definition) is 1. The Kier molecular flexibility index (Phi) is 5.89. The molecule has 2 aromatic carbocycles. The molecule has 0 spiro atoms. The molecule has 2 aromatic rings. The van der Waals surface area contributed by atoms with Crippen LogP contribution in [0.4, 0.5) is 0 Å². The number of ether oxygens (including phenoxy) is 1. The minimum Gasteiger partial charge on any atom is -0.497 e. The number of methoxy groups -OCH3 is 1. The zero-order valence-corrected chi connectivity index (χ0v) is 14.7. The molecular weight excluding hydrogens is 296 g/mol. The fraction of sp³-hybridized carbons (Fsp3) is 0.429. The third-order valence-electron chi connectivity index (χ3n) is 4.94. The summed E-state index contributed by atoms with van der Waals surface area (Å²) in [5.74, 6) is 0.917. The van der Waals surface area contributed by atoms with E-state index in [-0.39, 0.29) is 0 Å². The van der Waals surface area contributed by atoms with E-state index < -0.39 is 0 Å². The van der Waals surface area contributed by atoms with Crippen molar-refractivity contribution in [3.8, 4) is 5.75 Å². The number of rotatable bonds is 6. The van der Waals surface area contributed by atoms with Gasteiger partial charge in [-0.05, 0) is 56.1 Å². The Morgan fingerprint density at radius 3 is 2.33 bits per heavy atom. The first-order chi connectivity index (χ1) is 11.7. The van der Waals surface area contributed by atoms with Gasteiger partial charge in [0.25, 0.3) is 0 Å². The third-order valence-corrected chi connectivity index (χ3v) is 4.94. The molecule has 3 heteroatoms. The van der Waals surface area contributed by atoms with Crippen LogP contribution in [0.1, 0.15) is 36.9 Å². The van der Waals surface area contributed by atoms with Crippen molar-refractivity contribution in [2.75, 3.05) is 20.2 Å². The first-order valence-corrected chi connectivity index (χ1v) is 8.91. The molecule has 1 saturated heterocycles. The molecule has 1 fully saturated rings. The molecule has 1 aliphatic rings. The van der Waals surface area contributed by atoms with E-state index in [0.717, 1.165) is 12.3 Å². The summed E-state index contributed by atoms with van der Waals surface area (Å²) < 4.78 is 5.23. The Morgan fingerprint density at radius 2 is 1.71 bits per heavy atom. The predicted octanol–water partition coefficient (Wildman–Crippen LogP) is 4.01. The Hall–Kier alpha value is -1.84. The lowest BCUT2D eigenvalue weighted by Gasteiger charge is -2.34. The van der Waals surface area contributed by atoms with Gasteiger partial charge in [0.2, 0.25) is 0 Å². The van der Waals surface area contributed by atoms with Gasteiger partial charge in [0.15, 0.2) is 0 Å². The van der Waals surface area contributed by atoms with Gasteiger partial charge < -0.3 is 10.1 Å². The molecule has 1 aliphatic heterocycles. The van der Waals surface area contributed by atoms with Crippen LogP contribution >= 0.6 is 0 Å². The standard InChI is InChI=1S/C21H28N2O/c1-17(19-8-10-21(24-2)11-9-19)22-20-12-14-23(15-13-20)16-18-6-4-3-5-7-18/h3-11,17,20,22H,12-16H2,1-2H3. The molecule has 24 heavy (non-hydrogen) atoms. The van der Waals surface area contributed by atoms with Crippen LogP contribution < -0.4 is 10.1 Å². The maximum Gasteiger partial charge on any atom is 0.118 e. The van der Waals surface area contributed by atoms with Crippen LogP contribution in [0.2, 0.25) is 0 Å². The van der Waals surface area contributed by atoms with Gasteiger partial charge >= 0.3 is 0 Å². The molecule has 1 heterocycles. The van der Waals surface area contributed by atoms with E-state index >= 15 is 0 Å². The highest BCUT2D eigenvalue weighted by Crippen LogP contribution is 2.20. The zero-order chi connectivity index (χ0) is 16.8. The van der Waals surface area contributed by atoms with Crippen molar-refractivity contribution in [1.29, 1.82) is 0 Å². The monoisotopic (exact) mass is 324 g/mol. The highest BCUT2D eigenvalue weighted by Gasteiger charge is 2.20. The van der Waals surface area contributed by atoms with Crippen LogP contribution in [0.25, 0.3) is 0 Å². The number of likely N-dealkylation sites (tertiary alicyclic amines) is 1. The summed E-state index contributed by atoms with van der Waals surface area (Å²) in [6, 6.07) is 20.1. The van der Waals surface area contributed by atoms with E-state index in [1.54, 1.807) is 7.11 Å². The molecule has 1 unspecified atom stereocenters. The Labute approximate surface area is 145 Å². The molecule has 0 saturated carbocycles. The quantitative estimate of drug-likeness (QED) is 0.869. The summed E-state index contributed by atoms with van der Waals surface area (Å²) in [6.07, 6.45) is 2.43. The summed E-state index contributed by atoms with van der Waals surface area (Å²) in [4.78, 5) is 2.56. The molecule has 0 aliphatic carbocycles. The normalized spacial score (nSPS) is 17.6. The second-order valence-corrected chi connectivity index (χ2v) is 6.70. The molecule has 3 rings (SSSR count). The Balaban J connectivity index is 1.46. The first-order valence-electron chi connectivity index (χ1n) is 8.91. The first kappa shape index (κ1) is 17.0. The van der Waals surface area contributed by atoms with E-state index in [4.69, 9.17) is 4.74 Å². The molecule has 1 N–H and O–H groups in total. The maximum atomic E-state index is 5.23. The minimum atomic E-state index is 0.376. The van der Waals surface area contributed by atoms with Gasteiger partial charge in [-0.2, -0.15) is 0 Å². The molecular formula is C21H28N2O. The summed E-state index contributed by atoms with van der Waals surface area (Å²) in [6.45, 7) is 5.66. The SMILES string of the molecule is COc1ccc(C(C)NC2CCN(Cc3ccccc3)CC2)cc1. The highest BCUT2D eigenvalue weighted by atomic mass is 16.5. The van der Waals surface area contributed by atoms with Gasteiger partial charge in [-0.25, -0.2) is 0 Å². The lowest BCUT2D eigenvalue weighted by molar-refractivity contribution is 0.185. The smallest absolute Gasteiger partial charge is 0.118 e. The van der Waals surface area contributed by atoms with Gasteiger partial charge in [0.1, 0.15) is 5.75 Å². The third kappa shape index (κ3) is 4.59. The van der Waals surface area contributed by atoms with Gasteiger partial charge in [-0.15, -0.1) is 0 Å². The average Bonchev–Trinajstić information content (AvgIpc) is 2.64. The van der Waals surface area contributed by atoms with Crippen LogP contribution in [0.5, 0.6) is 5.75 Å². The maximum absolute atomic E-state index is 5.23. The number of nitrogens with one attached hydrogen (secondary N) is 1. The number of nitrogens with zero attached hydrogens (tertiary/aromatic N) is 1. The number of benzene rings is 2. The fourth-order valence-corrected chi connectivity index (χ4v) is 3.44. The molecule has 3 nitrogen and oxygen atoms in total. The second-order valence-electron chi connectivity index (χ2n) is 6.70. The summed E-state index contributed by atoms with van der Waals surface area (Å²) in [5.41, 5.74) is 2.73. The van der Waals surface area contributed by atoms with Gasteiger partial charge in [-0.1, -0.05) is 42.5 Å². The van der Waals surface area contributed by atoms with E-state index in [1.165, 1.54) is 37.1 Å². The predicted molar refractivity (Wildman–Crippen MR) is 99.3 cm³/mol. The molecule has 0 bridgehead atoms. The van der Waals surface area contributed by atoms with E-state index in [2.05, 4.69) is 59.6 Å². The van der Waals surface area contributed by atoms with Crippen LogP contribution in [0, 0.1) is 0 Å². The minimum absolute atomic E-state index is 0.376. The average molecular weight is 324 g/mol. The Bertz CT molecular complexity index is 603. The van der Waals surface area contributed by atoms with Gasteiger partial charge in [0, 0.05) is 18.6 Å². The van der Waals surface area contributed by atoms with E-state index in [0.29, 0.717) is 12.1 Å². The van der Waals surface area contributed by atoms with Gasteiger partial charge in [-0.3, -0.25) is 4.90 Å². The summed E-state index contributed by atoms with van der Waals surface area (Å²) in [7, 11) is 1.71. The van der Waals surface area contributed by atoms with Crippen LogP contribution in [-0.4, -0.2) is 31.1 Å². The topological polar surface area (TPSA) is 24.5 Å². The van der Waals surface area contributed by atoms with Crippen LogP contribution in [0.15, 0.2) is 54.6 Å². The molecule has 0 amide bonds. The fourth-order valence-electron chi connectivity index (χ4n) is 3.44. The van der Waals surface area contributed by atoms with Crippen LogP contribution in [0.3, 0.4) is 0 Å². The Morgan fingerprint density at radius 1 is 1.04 bits per heavy atom. The van der Waals surface area contributed by atoms with Crippen LogP contribution in [-0.2, 0) is 6.54 Å². The lowest BCUT2D eigenvalue weighted by Crippen LogP contribution is -2.42. The summed E-state index contributed by atoms with van der Waals surface area (Å²) in [5, 5.41) is 3.79. The van der Waals surface area contributed by atoms with Crippen molar-refractivity contribution >= 4 is 0 Å². The largest absolute Gasteiger partial charge is 0.497 e.